The van der Waals surface area contributed by atoms with E-state index in [0.29, 0.717) is 11.7 Å². The zero-order valence-corrected chi connectivity index (χ0v) is 17.8. The molecule has 0 aliphatic carbocycles. The Morgan fingerprint density at radius 3 is 2.79 bits per heavy atom. The zero-order chi connectivity index (χ0) is 20.6. The van der Waals surface area contributed by atoms with Crippen LogP contribution in [0.4, 0.5) is 5.69 Å². The summed E-state index contributed by atoms with van der Waals surface area (Å²) in [5.41, 5.74) is 3.17. The van der Waals surface area contributed by atoms with Gasteiger partial charge in [-0.1, -0.05) is 43.8 Å². The van der Waals surface area contributed by atoms with E-state index < -0.39 is 0 Å². The molecule has 1 aliphatic rings. The molecule has 1 unspecified atom stereocenters. The Kier molecular flexibility index (Phi) is 5.08. The van der Waals surface area contributed by atoms with Gasteiger partial charge in [-0.2, -0.15) is 0 Å². The fraction of sp³-hybridized carbons (Fsp3) is 0.318. The minimum Gasteiger partial charge on any atom is -0.467 e. The number of carbonyl (C=O) groups is 1. The average Bonchev–Trinajstić information content (AvgIpc) is 3.41. The highest BCUT2D eigenvalue weighted by Crippen LogP contribution is 2.46. The lowest BCUT2D eigenvalue weighted by Crippen LogP contribution is -2.25. The Bertz CT molecular complexity index is 1050. The quantitative estimate of drug-likeness (QED) is 0.448. The highest BCUT2D eigenvalue weighted by molar-refractivity contribution is 8.00. The van der Waals surface area contributed by atoms with Crippen molar-refractivity contribution < 1.29 is 9.21 Å². The van der Waals surface area contributed by atoms with Gasteiger partial charge in [0.1, 0.15) is 12.1 Å². The first-order chi connectivity index (χ1) is 13.9. The Hall–Kier alpha value is -2.80. The summed E-state index contributed by atoms with van der Waals surface area (Å²) in [6.45, 7) is 6.76. The summed E-state index contributed by atoms with van der Waals surface area (Å²) in [4.78, 5) is 15.2. The highest BCUT2D eigenvalue weighted by atomic mass is 32.2. The molecule has 0 bridgehead atoms. The predicted molar refractivity (Wildman–Crippen MR) is 114 cm³/mol. The first kappa shape index (κ1) is 19.5. The van der Waals surface area contributed by atoms with Crippen molar-refractivity contribution in [2.75, 3.05) is 11.9 Å². The molecule has 0 spiro atoms. The molecule has 150 valence electrons. The molecule has 29 heavy (non-hydrogen) atoms. The van der Waals surface area contributed by atoms with Crippen LogP contribution in [0.25, 0.3) is 0 Å². The first-order valence-corrected chi connectivity index (χ1v) is 10.4. The number of anilines is 1. The van der Waals surface area contributed by atoms with Crippen LogP contribution < -0.4 is 4.90 Å². The van der Waals surface area contributed by atoms with E-state index in [1.54, 1.807) is 18.7 Å². The van der Waals surface area contributed by atoms with Gasteiger partial charge >= 0.3 is 0 Å². The number of benzene rings is 1. The number of furan rings is 1. The number of aromatic nitrogens is 3. The van der Waals surface area contributed by atoms with Gasteiger partial charge < -0.3 is 13.9 Å². The number of rotatable bonds is 6. The van der Waals surface area contributed by atoms with Crippen LogP contribution in [0, 0.1) is 0 Å². The van der Waals surface area contributed by atoms with Crippen LogP contribution in [0.3, 0.4) is 0 Å². The maximum Gasteiger partial charge on any atom is 0.192 e. The van der Waals surface area contributed by atoms with E-state index in [-0.39, 0.29) is 16.4 Å². The SMILES string of the molecule is CC(Sc1nncn1Cc1ccco1)C(=O)/C=C1/N(C)c2ccccc2C1(C)C. The second kappa shape index (κ2) is 7.55. The molecule has 0 amide bonds. The monoisotopic (exact) mass is 408 g/mol. The van der Waals surface area contributed by atoms with E-state index in [0.717, 1.165) is 17.1 Å². The number of hydrogen-bond donors (Lipinski definition) is 0. The highest BCUT2D eigenvalue weighted by Gasteiger charge is 2.38. The number of carbonyl (C=O) groups excluding carboxylic acids is 1. The number of nitrogens with zero attached hydrogens (tertiary/aromatic N) is 4. The Labute approximate surface area is 174 Å². The number of likely N-dealkylation sites (N-methyl/N-ethyl adjacent to an activating group) is 1. The maximum atomic E-state index is 13.0. The average molecular weight is 409 g/mol. The van der Waals surface area contributed by atoms with Crippen molar-refractivity contribution in [2.24, 2.45) is 0 Å². The lowest BCUT2D eigenvalue weighted by atomic mass is 9.83. The van der Waals surface area contributed by atoms with Crippen molar-refractivity contribution >= 4 is 23.2 Å². The van der Waals surface area contributed by atoms with Crippen LogP contribution in [0.5, 0.6) is 0 Å². The zero-order valence-electron chi connectivity index (χ0n) is 17.0. The van der Waals surface area contributed by atoms with Crippen molar-refractivity contribution in [1.82, 2.24) is 14.8 Å². The number of fused-ring (bicyclic) bond motifs is 1. The molecular weight excluding hydrogens is 384 g/mol. The fourth-order valence-electron chi connectivity index (χ4n) is 3.74. The molecule has 0 radical (unpaired) electrons. The standard InChI is InChI=1S/C22H24N4O2S/c1-15(29-21-24-23-14-26(21)13-16-8-7-11-28-16)19(27)12-20-22(2,3)17-9-5-6-10-18(17)25(20)4/h5-12,14-15H,13H2,1-4H3/b20-12+. The van der Waals surface area contributed by atoms with Crippen molar-refractivity contribution in [3.05, 3.63) is 72.1 Å². The van der Waals surface area contributed by atoms with E-state index >= 15 is 0 Å². The van der Waals surface area contributed by atoms with Crippen LogP contribution in [0.1, 0.15) is 32.1 Å². The summed E-state index contributed by atoms with van der Waals surface area (Å²) < 4.78 is 7.29. The van der Waals surface area contributed by atoms with E-state index in [1.165, 1.54) is 17.3 Å². The third-order valence-corrected chi connectivity index (χ3v) is 6.50. The van der Waals surface area contributed by atoms with Crippen LogP contribution in [0.15, 0.2) is 70.3 Å². The van der Waals surface area contributed by atoms with Gasteiger partial charge in [0.05, 0.1) is 18.1 Å². The predicted octanol–water partition coefficient (Wildman–Crippen LogP) is 4.28. The molecule has 1 aliphatic heterocycles. The summed E-state index contributed by atoms with van der Waals surface area (Å²) in [7, 11) is 2.02. The third kappa shape index (κ3) is 3.62. The van der Waals surface area contributed by atoms with Crippen LogP contribution in [-0.2, 0) is 16.8 Å². The van der Waals surface area contributed by atoms with E-state index in [2.05, 4.69) is 41.1 Å². The van der Waals surface area contributed by atoms with Crippen LogP contribution >= 0.6 is 11.8 Å². The minimum atomic E-state index is -0.282. The molecule has 7 heteroatoms. The van der Waals surface area contributed by atoms with E-state index in [4.69, 9.17) is 4.42 Å². The molecule has 0 fully saturated rings. The summed E-state index contributed by atoms with van der Waals surface area (Å²) in [5.74, 6) is 0.880. The fourth-order valence-corrected chi connectivity index (χ4v) is 4.58. The van der Waals surface area contributed by atoms with Gasteiger partial charge in [-0.05, 0) is 30.7 Å². The van der Waals surface area contributed by atoms with E-state index in [9.17, 15) is 4.79 Å². The summed E-state index contributed by atoms with van der Waals surface area (Å²) in [5, 5.41) is 8.59. The van der Waals surface area contributed by atoms with E-state index in [1.807, 2.05) is 42.8 Å². The largest absolute Gasteiger partial charge is 0.467 e. The molecule has 0 saturated carbocycles. The molecular formula is C22H24N4O2S. The third-order valence-electron chi connectivity index (χ3n) is 5.39. The second-order valence-corrected chi connectivity index (χ2v) is 9.02. The molecule has 3 aromatic rings. The van der Waals surface area contributed by atoms with Gasteiger partial charge in [-0.15, -0.1) is 10.2 Å². The molecule has 0 N–H and O–H groups in total. The normalized spacial score (nSPS) is 17.5. The Morgan fingerprint density at radius 2 is 2.07 bits per heavy atom. The van der Waals surface area contributed by atoms with Gasteiger partial charge in [0.25, 0.3) is 0 Å². The molecule has 1 aromatic carbocycles. The number of hydrogen-bond acceptors (Lipinski definition) is 6. The Balaban J connectivity index is 1.52. The van der Waals surface area contributed by atoms with Gasteiger partial charge in [0, 0.05) is 29.9 Å². The topological polar surface area (TPSA) is 64.2 Å². The lowest BCUT2D eigenvalue weighted by Gasteiger charge is -2.24. The van der Waals surface area contributed by atoms with Crippen molar-refractivity contribution in [2.45, 2.75) is 43.1 Å². The first-order valence-electron chi connectivity index (χ1n) is 9.54. The van der Waals surface area contributed by atoms with Gasteiger partial charge in [-0.3, -0.25) is 4.79 Å². The molecule has 2 aromatic heterocycles. The van der Waals surface area contributed by atoms with Gasteiger partial charge in [0.15, 0.2) is 10.9 Å². The van der Waals surface area contributed by atoms with Gasteiger partial charge in [-0.25, -0.2) is 0 Å². The van der Waals surface area contributed by atoms with Gasteiger partial charge in [0.2, 0.25) is 0 Å². The molecule has 3 heterocycles. The minimum absolute atomic E-state index is 0.0604. The van der Waals surface area contributed by atoms with Crippen molar-refractivity contribution in [3.8, 4) is 0 Å². The molecule has 6 nitrogen and oxygen atoms in total. The molecule has 0 saturated heterocycles. The number of ketones is 1. The van der Waals surface area contributed by atoms with Crippen molar-refractivity contribution in [1.29, 1.82) is 0 Å². The van der Waals surface area contributed by atoms with Crippen molar-refractivity contribution in [3.63, 3.8) is 0 Å². The number of allylic oxidation sites excluding steroid dienone is 2. The summed E-state index contributed by atoms with van der Waals surface area (Å²) in [6, 6.07) is 12.1. The molecule has 4 rings (SSSR count). The number of thioether (sulfide) groups is 1. The number of para-hydroxylation sites is 1. The second-order valence-electron chi connectivity index (χ2n) is 7.71. The van der Waals surface area contributed by atoms with Crippen LogP contribution in [0.2, 0.25) is 0 Å². The Morgan fingerprint density at radius 1 is 1.28 bits per heavy atom. The summed E-state index contributed by atoms with van der Waals surface area (Å²) >= 11 is 1.41. The van der Waals surface area contributed by atoms with Crippen LogP contribution in [-0.4, -0.2) is 32.8 Å². The lowest BCUT2D eigenvalue weighted by molar-refractivity contribution is -0.114. The molecule has 1 atom stereocenters. The maximum absolute atomic E-state index is 13.0. The smallest absolute Gasteiger partial charge is 0.192 e. The summed E-state index contributed by atoms with van der Waals surface area (Å²) in [6.07, 6.45) is 5.08.